The van der Waals surface area contributed by atoms with Crippen molar-refractivity contribution in [2.24, 2.45) is 5.92 Å². The predicted molar refractivity (Wildman–Crippen MR) is 119 cm³/mol. The number of nitrogens with zero attached hydrogens (tertiary/aromatic N) is 3. The Balaban J connectivity index is 1.42. The molecule has 1 spiro atoms. The van der Waals surface area contributed by atoms with Gasteiger partial charge in [-0.2, -0.15) is 5.26 Å². The van der Waals surface area contributed by atoms with E-state index in [1.54, 1.807) is 37.3 Å². The third kappa shape index (κ3) is 4.24. The number of carbonyl (C=O) groups is 3. The first-order chi connectivity index (χ1) is 15.8. The maximum absolute atomic E-state index is 13.0. The Bertz CT molecular complexity index is 1160. The van der Waals surface area contributed by atoms with Crippen molar-refractivity contribution in [3.05, 3.63) is 47.7 Å². The van der Waals surface area contributed by atoms with Crippen molar-refractivity contribution in [1.82, 2.24) is 15.2 Å². The highest BCUT2D eigenvalue weighted by atomic mass is 16.5. The van der Waals surface area contributed by atoms with Gasteiger partial charge in [0.2, 0.25) is 11.8 Å². The Morgan fingerprint density at radius 1 is 1.36 bits per heavy atom. The van der Waals surface area contributed by atoms with Gasteiger partial charge in [0, 0.05) is 11.9 Å². The number of amides is 4. The maximum atomic E-state index is 13.0. The Kier molecular flexibility index (Phi) is 6.01. The summed E-state index contributed by atoms with van der Waals surface area (Å²) in [4.78, 5) is 43.3. The number of rotatable bonds is 5. The summed E-state index contributed by atoms with van der Waals surface area (Å²) in [6.07, 6.45) is 4.91. The fourth-order valence-corrected chi connectivity index (χ4v) is 4.48. The van der Waals surface area contributed by atoms with Crippen molar-refractivity contribution < 1.29 is 19.1 Å². The van der Waals surface area contributed by atoms with E-state index in [4.69, 9.17) is 4.74 Å². The molecule has 2 fully saturated rings. The number of benzene rings is 1. The van der Waals surface area contributed by atoms with E-state index in [0.717, 1.165) is 24.2 Å². The molecule has 9 heteroatoms. The van der Waals surface area contributed by atoms with Gasteiger partial charge in [0.25, 0.3) is 5.91 Å². The molecule has 1 aromatic heterocycles. The van der Waals surface area contributed by atoms with E-state index >= 15 is 0 Å². The van der Waals surface area contributed by atoms with E-state index in [0.29, 0.717) is 29.0 Å². The molecule has 9 nitrogen and oxygen atoms in total. The van der Waals surface area contributed by atoms with Crippen LogP contribution in [0.3, 0.4) is 0 Å². The third-order valence-corrected chi connectivity index (χ3v) is 6.38. The van der Waals surface area contributed by atoms with Gasteiger partial charge in [0.05, 0.1) is 0 Å². The molecule has 1 saturated carbocycles. The van der Waals surface area contributed by atoms with Crippen LogP contribution in [0.4, 0.5) is 10.5 Å². The number of pyridine rings is 1. The lowest BCUT2D eigenvalue weighted by molar-refractivity contribution is -0.136. The highest BCUT2D eigenvalue weighted by molar-refractivity contribution is 6.10. The number of hydrogen-bond acceptors (Lipinski definition) is 6. The molecule has 2 atom stereocenters. The predicted octanol–water partition coefficient (Wildman–Crippen LogP) is 3.49. The molecule has 0 radical (unpaired) electrons. The second-order valence-corrected chi connectivity index (χ2v) is 8.53. The minimum absolute atomic E-state index is 0.0335. The molecule has 1 aromatic carbocycles. The lowest BCUT2D eigenvalue weighted by Gasteiger charge is -2.36. The highest BCUT2D eigenvalue weighted by Crippen LogP contribution is 2.38. The van der Waals surface area contributed by atoms with Crippen molar-refractivity contribution in [3.8, 4) is 17.7 Å². The fourth-order valence-electron chi connectivity index (χ4n) is 4.48. The van der Waals surface area contributed by atoms with Crippen LogP contribution in [-0.4, -0.2) is 39.8 Å². The molecule has 4 amide bonds. The minimum Gasteiger partial charge on any atom is -0.438 e. The van der Waals surface area contributed by atoms with Gasteiger partial charge < -0.3 is 15.4 Å². The molecule has 1 saturated heterocycles. The zero-order valence-electron chi connectivity index (χ0n) is 18.6. The highest BCUT2D eigenvalue weighted by Gasteiger charge is 2.55. The second-order valence-electron chi connectivity index (χ2n) is 8.53. The van der Waals surface area contributed by atoms with E-state index < -0.39 is 17.5 Å². The molecule has 2 N–H and O–H groups in total. The van der Waals surface area contributed by atoms with Gasteiger partial charge in [-0.3, -0.25) is 14.5 Å². The number of anilines is 1. The van der Waals surface area contributed by atoms with Gasteiger partial charge >= 0.3 is 6.03 Å². The summed E-state index contributed by atoms with van der Waals surface area (Å²) >= 11 is 0. The van der Waals surface area contributed by atoms with Gasteiger partial charge in [-0.05, 0) is 61.6 Å². The van der Waals surface area contributed by atoms with Crippen molar-refractivity contribution >= 4 is 23.5 Å². The molecule has 0 bridgehead atoms. The van der Waals surface area contributed by atoms with Crippen LogP contribution in [0.1, 0.15) is 43.7 Å². The average molecular weight is 447 g/mol. The average Bonchev–Trinajstić information content (AvgIpc) is 3.03. The van der Waals surface area contributed by atoms with Gasteiger partial charge in [0.15, 0.2) is 0 Å². The summed E-state index contributed by atoms with van der Waals surface area (Å²) in [5.41, 5.74) is 0.663. The van der Waals surface area contributed by atoms with Crippen molar-refractivity contribution in [2.75, 3.05) is 11.9 Å². The summed E-state index contributed by atoms with van der Waals surface area (Å²) in [7, 11) is 0. The zero-order chi connectivity index (χ0) is 23.6. The molecular weight excluding hydrogens is 422 g/mol. The van der Waals surface area contributed by atoms with Crippen LogP contribution in [0.15, 0.2) is 36.5 Å². The maximum Gasteiger partial charge on any atom is 0.325 e. The smallest absolute Gasteiger partial charge is 0.325 e. The molecule has 170 valence electrons. The lowest BCUT2D eigenvalue weighted by Crippen LogP contribution is -2.54. The van der Waals surface area contributed by atoms with Crippen LogP contribution in [-0.2, 0) is 9.59 Å². The molecule has 2 heterocycles. The molecule has 2 aliphatic rings. The first-order valence-electron chi connectivity index (χ1n) is 10.9. The van der Waals surface area contributed by atoms with Crippen LogP contribution in [0.2, 0.25) is 0 Å². The summed E-state index contributed by atoms with van der Waals surface area (Å²) in [6.45, 7) is 3.41. The van der Waals surface area contributed by atoms with E-state index in [1.165, 1.54) is 6.20 Å². The first-order valence-corrected chi connectivity index (χ1v) is 10.9. The monoisotopic (exact) mass is 447 g/mol. The zero-order valence-corrected chi connectivity index (χ0v) is 18.6. The number of nitrogens with one attached hydrogen (secondary N) is 2. The molecule has 2 aromatic rings. The van der Waals surface area contributed by atoms with Crippen LogP contribution >= 0.6 is 0 Å². The summed E-state index contributed by atoms with van der Waals surface area (Å²) in [6, 6.07) is 9.77. The number of aryl methyl sites for hydroxylation is 1. The normalized spacial score (nSPS) is 22.1. The topological polar surface area (TPSA) is 124 Å². The Hall–Kier alpha value is -3.93. The Labute approximate surface area is 191 Å². The first kappa shape index (κ1) is 22.3. The summed E-state index contributed by atoms with van der Waals surface area (Å²) < 4.78 is 5.70. The second kappa shape index (κ2) is 8.90. The van der Waals surface area contributed by atoms with Gasteiger partial charge in [-0.15, -0.1) is 0 Å². The largest absolute Gasteiger partial charge is 0.438 e. The van der Waals surface area contributed by atoms with E-state index in [9.17, 15) is 19.6 Å². The molecule has 1 aliphatic carbocycles. The van der Waals surface area contributed by atoms with Gasteiger partial charge in [-0.25, -0.2) is 9.78 Å². The number of carbonyl (C=O) groups excluding carboxylic acids is 3. The number of hydrogen-bond donors (Lipinski definition) is 2. The molecule has 1 aliphatic heterocycles. The molecular formula is C24H25N5O4. The van der Waals surface area contributed by atoms with E-state index in [1.807, 2.05) is 13.0 Å². The lowest BCUT2D eigenvalue weighted by atomic mass is 9.73. The van der Waals surface area contributed by atoms with Gasteiger partial charge in [-0.1, -0.05) is 19.8 Å². The van der Waals surface area contributed by atoms with Crippen LogP contribution in [0, 0.1) is 24.2 Å². The van der Waals surface area contributed by atoms with Crippen molar-refractivity contribution in [1.29, 1.82) is 5.26 Å². The number of imide groups is 1. The number of ether oxygens (including phenoxy) is 1. The van der Waals surface area contributed by atoms with E-state index in [2.05, 4.69) is 15.6 Å². The number of urea groups is 1. The Morgan fingerprint density at radius 2 is 2.18 bits per heavy atom. The standard InChI is InChI=1S/C24H25N5O4/c1-15-12-18(33-21-17(13-25)7-5-11-26-21)8-9-19(15)27-20(30)14-29-22(31)24(28-23(29)32)10-4-3-6-16(24)2/h5,7-9,11-12,16H,3-4,6,10,14H2,1-2H3,(H,27,30)(H,28,32)/t16-,24+/m0/s1. The molecule has 0 unspecified atom stereocenters. The van der Waals surface area contributed by atoms with E-state index in [-0.39, 0.29) is 24.2 Å². The minimum atomic E-state index is -0.891. The quantitative estimate of drug-likeness (QED) is 0.676. The molecule has 4 rings (SSSR count). The number of aromatic nitrogens is 1. The third-order valence-electron chi connectivity index (χ3n) is 6.38. The summed E-state index contributed by atoms with van der Waals surface area (Å²) in [5, 5.41) is 14.8. The Morgan fingerprint density at radius 3 is 2.91 bits per heavy atom. The van der Waals surface area contributed by atoms with Crippen molar-refractivity contribution in [2.45, 2.75) is 45.1 Å². The van der Waals surface area contributed by atoms with Gasteiger partial charge in [0.1, 0.15) is 29.5 Å². The van der Waals surface area contributed by atoms with Crippen LogP contribution in [0.25, 0.3) is 0 Å². The fraction of sp³-hybridized carbons (Fsp3) is 0.375. The van der Waals surface area contributed by atoms with Crippen molar-refractivity contribution in [3.63, 3.8) is 0 Å². The number of nitriles is 1. The van der Waals surface area contributed by atoms with Crippen LogP contribution < -0.4 is 15.4 Å². The molecule has 33 heavy (non-hydrogen) atoms. The summed E-state index contributed by atoms with van der Waals surface area (Å²) in [5.74, 6) is -0.0962. The SMILES string of the molecule is Cc1cc(Oc2ncccc2C#N)ccc1NC(=O)CN1C(=O)N[C@@]2(CCCC[C@@H]2C)C1=O. The van der Waals surface area contributed by atoms with Crippen LogP contribution in [0.5, 0.6) is 11.6 Å².